The van der Waals surface area contributed by atoms with Crippen LogP contribution in [0.2, 0.25) is 0 Å². The van der Waals surface area contributed by atoms with E-state index in [2.05, 4.69) is 6.92 Å². The largest absolute Gasteiger partial charge is 0.507 e. The minimum atomic E-state index is -0.842. The van der Waals surface area contributed by atoms with E-state index >= 15 is 0 Å². The molecule has 3 aromatic carbocycles. The van der Waals surface area contributed by atoms with Crippen molar-refractivity contribution in [3.63, 3.8) is 0 Å². The topological polar surface area (TPSA) is 76.1 Å². The lowest BCUT2D eigenvalue weighted by Crippen LogP contribution is -2.29. The maximum Gasteiger partial charge on any atom is 0.300 e. The Labute approximate surface area is 204 Å². The van der Waals surface area contributed by atoms with Gasteiger partial charge in [0.05, 0.1) is 25.3 Å². The summed E-state index contributed by atoms with van der Waals surface area (Å²) in [5.74, 6) is -0.315. The Balaban J connectivity index is 1.70. The Morgan fingerprint density at radius 2 is 1.86 bits per heavy atom. The average Bonchev–Trinajstić information content (AvgIpc) is 3.17. The van der Waals surface area contributed by atoms with Gasteiger partial charge in [-0.25, -0.2) is 0 Å². The number of amides is 1. The number of para-hydroxylation sites is 1. The molecule has 3 aromatic rings. The first-order valence-corrected chi connectivity index (χ1v) is 11.8. The Bertz CT molecular complexity index is 1330. The number of hydrogen-bond acceptors (Lipinski definition) is 5. The van der Waals surface area contributed by atoms with Crippen LogP contribution in [0.25, 0.3) is 5.76 Å². The molecule has 1 amide bonds. The Morgan fingerprint density at radius 1 is 1.09 bits per heavy atom. The molecule has 0 radical (unpaired) electrons. The van der Waals surface area contributed by atoms with Crippen molar-refractivity contribution >= 4 is 23.1 Å². The van der Waals surface area contributed by atoms with Crippen molar-refractivity contribution < 1.29 is 24.2 Å². The van der Waals surface area contributed by atoms with Gasteiger partial charge in [-0.15, -0.1) is 0 Å². The maximum atomic E-state index is 13.4. The zero-order valence-corrected chi connectivity index (χ0v) is 19.8. The minimum absolute atomic E-state index is 0.0377. The highest BCUT2D eigenvalue weighted by molar-refractivity contribution is 6.51. The van der Waals surface area contributed by atoms with E-state index in [-0.39, 0.29) is 11.3 Å². The molecular formula is C29H27NO5. The Morgan fingerprint density at radius 3 is 2.60 bits per heavy atom. The fourth-order valence-corrected chi connectivity index (χ4v) is 4.84. The van der Waals surface area contributed by atoms with Crippen LogP contribution in [0.5, 0.6) is 11.5 Å². The van der Waals surface area contributed by atoms with Gasteiger partial charge in [-0.3, -0.25) is 14.5 Å². The molecule has 1 unspecified atom stereocenters. The minimum Gasteiger partial charge on any atom is -0.507 e. The first-order valence-electron chi connectivity index (χ1n) is 11.8. The van der Waals surface area contributed by atoms with E-state index in [0.717, 1.165) is 36.1 Å². The van der Waals surface area contributed by atoms with Crippen LogP contribution in [0.4, 0.5) is 5.69 Å². The smallest absolute Gasteiger partial charge is 0.300 e. The number of aryl methyl sites for hydroxylation is 2. The van der Waals surface area contributed by atoms with E-state index in [1.807, 2.05) is 48.5 Å². The molecular weight excluding hydrogens is 442 g/mol. The van der Waals surface area contributed by atoms with Gasteiger partial charge in [0.1, 0.15) is 17.3 Å². The standard InChI is InChI=1S/C29H27NO5/c1-3-18-10-13-21(14-11-18)30-26(22-8-4-5-9-24(22)34-2)25(28(32)29(30)33)27(31)20-12-15-23-19(17-20)7-6-16-35-23/h4-5,8-15,17,26,31H,3,6-7,16H2,1-2H3/b27-25+. The van der Waals surface area contributed by atoms with Crippen molar-refractivity contribution in [1.29, 1.82) is 0 Å². The third-order valence-corrected chi connectivity index (χ3v) is 6.68. The third-order valence-electron chi connectivity index (χ3n) is 6.68. The van der Waals surface area contributed by atoms with Gasteiger partial charge in [0.2, 0.25) is 0 Å². The highest BCUT2D eigenvalue weighted by Crippen LogP contribution is 2.45. The van der Waals surface area contributed by atoms with Gasteiger partial charge in [-0.1, -0.05) is 37.3 Å². The molecule has 0 spiro atoms. The molecule has 2 heterocycles. The number of Topliss-reactive ketones (excluding diaryl/α,β-unsaturated/α-hetero) is 1. The van der Waals surface area contributed by atoms with Gasteiger partial charge in [-0.05, 0) is 66.8 Å². The number of benzene rings is 3. The number of fused-ring (bicyclic) bond motifs is 1. The van der Waals surface area contributed by atoms with Gasteiger partial charge in [-0.2, -0.15) is 0 Å². The number of carbonyl (C=O) groups is 2. The van der Waals surface area contributed by atoms with Gasteiger partial charge in [0.25, 0.3) is 11.7 Å². The quantitative estimate of drug-likeness (QED) is 0.315. The third kappa shape index (κ3) is 3.95. The van der Waals surface area contributed by atoms with Crippen molar-refractivity contribution in [3.05, 3.63) is 94.6 Å². The van der Waals surface area contributed by atoms with Crippen LogP contribution in [0.15, 0.2) is 72.3 Å². The van der Waals surface area contributed by atoms with Crippen LogP contribution in [-0.4, -0.2) is 30.5 Å². The molecule has 1 fully saturated rings. The monoisotopic (exact) mass is 469 g/mol. The van der Waals surface area contributed by atoms with Gasteiger partial charge >= 0.3 is 0 Å². The first kappa shape index (κ1) is 22.7. The first-order chi connectivity index (χ1) is 17.0. The summed E-state index contributed by atoms with van der Waals surface area (Å²) in [4.78, 5) is 28.3. The number of carbonyl (C=O) groups excluding carboxylic acids is 2. The Kier molecular flexibility index (Phi) is 6.03. The zero-order valence-electron chi connectivity index (χ0n) is 19.8. The highest BCUT2D eigenvalue weighted by Gasteiger charge is 2.48. The number of anilines is 1. The van der Waals surface area contributed by atoms with E-state index < -0.39 is 17.7 Å². The number of rotatable bonds is 5. The SMILES string of the molecule is CCc1ccc(N2C(=O)C(=O)/C(=C(/O)c3ccc4c(c3)CCCO4)C2c2ccccc2OC)cc1. The molecule has 2 aliphatic heterocycles. The summed E-state index contributed by atoms with van der Waals surface area (Å²) in [6, 6.07) is 19.3. The molecule has 0 aromatic heterocycles. The van der Waals surface area contributed by atoms with E-state index in [0.29, 0.717) is 29.2 Å². The molecule has 2 aliphatic rings. The van der Waals surface area contributed by atoms with Gasteiger partial charge in [0, 0.05) is 16.8 Å². The second-order valence-electron chi connectivity index (χ2n) is 8.71. The summed E-state index contributed by atoms with van der Waals surface area (Å²) in [7, 11) is 1.55. The number of ether oxygens (including phenoxy) is 2. The molecule has 0 saturated carbocycles. The van der Waals surface area contributed by atoms with E-state index in [4.69, 9.17) is 9.47 Å². The lowest BCUT2D eigenvalue weighted by molar-refractivity contribution is -0.132. The lowest BCUT2D eigenvalue weighted by Gasteiger charge is -2.27. The van der Waals surface area contributed by atoms with Crippen molar-refractivity contribution in [2.75, 3.05) is 18.6 Å². The molecule has 1 N–H and O–H groups in total. The van der Waals surface area contributed by atoms with E-state index in [9.17, 15) is 14.7 Å². The van der Waals surface area contributed by atoms with Crippen LogP contribution in [0, 0.1) is 0 Å². The van der Waals surface area contributed by atoms with Gasteiger partial charge < -0.3 is 14.6 Å². The van der Waals surface area contributed by atoms with E-state index in [1.165, 1.54) is 4.90 Å². The van der Waals surface area contributed by atoms with Crippen LogP contribution >= 0.6 is 0 Å². The lowest BCUT2D eigenvalue weighted by atomic mass is 9.93. The number of nitrogens with zero attached hydrogens (tertiary/aromatic N) is 1. The summed E-state index contributed by atoms with van der Waals surface area (Å²) in [6.07, 6.45) is 2.57. The van der Waals surface area contributed by atoms with Crippen molar-refractivity contribution in [2.45, 2.75) is 32.2 Å². The summed E-state index contributed by atoms with van der Waals surface area (Å²) in [5.41, 5.74) is 3.81. The van der Waals surface area contributed by atoms with Crippen molar-refractivity contribution in [1.82, 2.24) is 0 Å². The number of ketones is 1. The molecule has 178 valence electrons. The van der Waals surface area contributed by atoms with Crippen molar-refractivity contribution in [2.24, 2.45) is 0 Å². The normalized spacial score (nSPS) is 18.8. The molecule has 1 atom stereocenters. The fraction of sp³-hybridized carbons (Fsp3) is 0.241. The van der Waals surface area contributed by atoms with Crippen LogP contribution < -0.4 is 14.4 Å². The van der Waals surface area contributed by atoms with Crippen LogP contribution in [-0.2, 0) is 22.4 Å². The molecule has 0 aliphatic carbocycles. The van der Waals surface area contributed by atoms with E-state index in [1.54, 1.807) is 25.3 Å². The second kappa shape index (κ2) is 9.29. The number of hydrogen-bond donors (Lipinski definition) is 1. The number of aliphatic hydroxyl groups is 1. The summed E-state index contributed by atoms with van der Waals surface area (Å²) >= 11 is 0. The molecule has 0 bridgehead atoms. The predicted octanol–water partition coefficient (Wildman–Crippen LogP) is 5.21. The summed E-state index contributed by atoms with van der Waals surface area (Å²) < 4.78 is 11.3. The highest BCUT2D eigenvalue weighted by atomic mass is 16.5. The molecule has 6 heteroatoms. The maximum absolute atomic E-state index is 13.4. The molecule has 35 heavy (non-hydrogen) atoms. The number of methoxy groups -OCH3 is 1. The molecule has 1 saturated heterocycles. The number of aliphatic hydroxyl groups excluding tert-OH is 1. The van der Waals surface area contributed by atoms with Crippen LogP contribution in [0.1, 0.15) is 41.6 Å². The summed E-state index contributed by atoms with van der Waals surface area (Å²) in [6.45, 7) is 2.72. The van der Waals surface area contributed by atoms with Gasteiger partial charge in [0.15, 0.2) is 0 Å². The van der Waals surface area contributed by atoms with Crippen molar-refractivity contribution in [3.8, 4) is 11.5 Å². The molecule has 5 rings (SSSR count). The predicted molar refractivity (Wildman–Crippen MR) is 134 cm³/mol. The fourth-order valence-electron chi connectivity index (χ4n) is 4.84. The average molecular weight is 470 g/mol. The van der Waals surface area contributed by atoms with Crippen LogP contribution in [0.3, 0.4) is 0 Å². The Hall–Kier alpha value is -4.06. The molecule has 6 nitrogen and oxygen atoms in total. The second-order valence-corrected chi connectivity index (χ2v) is 8.71. The summed E-state index contributed by atoms with van der Waals surface area (Å²) in [5, 5.41) is 11.5. The zero-order chi connectivity index (χ0) is 24.5.